The number of aliphatic imine (C=N–C) groups is 1. The summed E-state index contributed by atoms with van der Waals surface area (Å²) in [5, 5.41) is 24.4. The van der Waals surface area contributed by atoms with Crippen LogP contribution in [-0.4, -0.2) is 175 Å². The van der Waals surface area contributed by atoms with Gasteiger partial charge in [-0.05, 0) is 180 Å². The maximum atomic E-state index is 12.7. The Morgan fingerprint density at radius 2 is 0.887 bits per heavy atom. The summed E-state index contributed by atoms with van der Waals surface area (Å²) in [7, 11) is 12.7. The molecule has 14 atom stereocenters. The lowest BCUT2D eigenvalue weighted by atomic mass is 9.49. The molecule has 2 unspecified atom stereocenters. The molecule has 14 aliphatic rings. The number of ketones is 4. The van der Waals surface area contributed by atoms with Crippen LogP contribution in [0.3, 0.4) is 0 Å². The number of carbonyl (C=O) groups is 4. The molecule has 0 radical (unpaired) electrons. The number of hydrogen-bond donors (Lipinski definition) is 4. The monoisotopic (exact) mass is 1940 g/mol. The first-order valence-corrected chi connectivity index (χ1v) is 49.9. The van der Waals surface area contributed by atoms with E-state index in [1.165, 1.54) is 42.4 Å². The summed E-state index contributed by atoms with van der Waals surface area (Å²) in [5.74, 6) is 10.8. The van der Waals surface area contributed by atoms with Crippen molar-refractivity contribution >= 4 is 29.0 Å². The Balaban J connectivity index is 0.000000142. The number of aromatic nitrogens is 11. The Bertz CT molecular complexity index is 6090. The van der Waals surface area contributed by atoms with Crippen molar-refractivity contribution in [2.24, 2.45) is 73.0 Å². The first kappa shape index (κ1) is 106. The molecule has 31 nitrogen and oxygen atoms in total. The summed E-state index contributed by atoms with van der Waals surface area (Å²) in [6.07, 6.45) is 21.0. The molecule has 764 valence electrons. The van der Waals surface area contributed by atoms with E-state index in [4.69, 9.17) is 82.1 Å². The molecule has 5 fully saturated rings. The quantitative estimate of drug-likeness (QED) is 0.0521. The number of hydroxylamine groups is 1. The number of nitrogens with one attached hydrogen (secondary N) is 2. The van der Waals surface area contributed by atoms with Crippen molar-refractivity contribution in [1.82, 2.24) is 65.8 Å². The predicted molar refractivity (Wildman–Crippen MR) is 535 cm³/mol. The first-order chi connectivity index (χ1) is 66.7. The van der Waals surface area contributed by atoms with Crippen molar-refractivity contribution in [3.8, 4) is 29.4 Å². The van der Waals surface area contributed by atoms with Crippen LogP contribution in [0.15, 0.2) is 50.6 Å². The summed E-state index contributed by atoms with van der Waals surface area (Å²) in [5.41, 5.74) is 13.9. The molecule has 12 aliphatic carbocycles. The molecule has 141 heavy (non-hydrogen) atoms. The highest BCUT2D eigenvalue weighted by Crippen LogP contribution is 2.66. The van der Waals surface area contributed by atoms with Gasteiger partial charge in [-0.1, -0.05) is 143 Å². The first-order valence-electron chi connectivity index (χ1n) is 50.9. The number of Topliss-reactive ketones (excluding diaryl/α,β-unsaturated/α-hetero) is 4. The standard InChI is InChI=1S/C19H28N2O3.C18H23N3O2.C18H25N3O2.C18H21N3O2.C18H24N2O3.C17H24N2O2.CH5NO.CH4/c1-12-20-15-13(16(21-12)22-5)6-7-14-17(2,3)19(23-10-11-24-19)9-8-18(14,15)4;1-10-20-14-12(16(21-10)22-5)6-7-13-17(2,3)15-11(9-19-23-15)8-18(13,14)4;2*1-10-20-14-11(16(21-10)23-6)7-8-13-17(2,3)15(22)12(19-5)9-18(13,14)4;1-10-19-14-12(16(20-10)23-5)6-7-13-17(2,3)15(22)11(9-21)8-18(13,14)4;1-10-18-14-11(15(19-10)21-5)6-7-12-16(2,3)13(20)8-9-17(12,14)4;1-2-3;/h14H,6-11H2,1-5H3;9,13H,6-8H2,1-5H3;12-13,16H,7-9H2,1-4,6H3,(H,20,21);9,13H,7-8H2,1-4,6H3;9,13,21H,6-8H2,1-5H3;12H,6-9H2,1-5H3;2-3H,1H3;1H4/b;;;;11-9-;;;/t14-,18-;13-,18-;12?,13-,16?,18-;2*13-,18-;12-,17-;;/m000000../s1/i;;;;;;;1T. The van der Waals surface area contributed by atoms with Crippen molar-refractivity contribution < 1.29 is 73.3 Å². The van der Waals surface area contributed by atoms with Gasteiger partial charge in [-0.25, -0.2) is 46.8 Å². The van der Waals surface area contributed by atoms with Crippen LogP contribution in [0.4, 0.5) is 0 Å². The van der Waals surface area contributed by atoms with Crippen molar-refractivity contribution in [2.45, 2.75) is 346 Å². The van der Waals surface area contributed by atoms with Crippen molar-refractivity contribution in [1.29, 1.82) is 0 Å². The van der Waals surface area contributed by atoms with Gasteiger partial charge in [0.1, 0.15) is 46.5 Å². The molecule has 0 aromatic carbocycles. The van der Waals surface area contributed by atoms with Gasteiger partial charge < -0.3 is 67.7 Å². The second-order valence-electron chi connectivity index (χ2n) is 45.9. The average molecular weight is 1940 g/mol. The van der Waals surface area contributed by atoms with Crippen LogP contribution in [0.25, 0.3) is 9.69 Å². The van der Waals surface area contributed by atoms with Gasteiger partial charge >= 0.3 is 0 Å². The number of amidine groups is 1. The number of carbonyl (C=O) groups excluding carboxylic acids is 4. The van der Waals surface area contributed by atoms with Gasteiger partial charge in [-0.3, -0.25) is 14.4 Å². The lowest BCUT2D eigenvalue weighted by molar-refractivity contribution is -0.276. The molecule has 6 aromatic rings. The van der Waals surface area contributed by atoms with Gasteiger partial charge in [0, 0.05) is 150 Å². The number of nitrogens with zero attached hydrogens (tertiary/aromatic N) is 14. The van der Waals surface area contributed by atoms with Crippen LogP contribution in [0.5, 0.6) is 29.4 Å². The molecule has 1 spiro atoms. The third-order valence-electron chi connectivity index (χ3n) is 35.8. The number of aliphatic hydroxyl groups is 1. The molecular weight excluding hydrogens is 1790 g/mol. The minimum Gasteiger partial charge on any atom is -0.515 e. The number of rotatable bonds is 6. The maximum absolute atomic E-state index is 12.7. The van der Waals surface area contributed by atoms with Crippen molar-refractivity contribution in [3.05, 3.63) is 161 Å². The van der Waals surface area contributed by atoms with Crippen molar-refractivity contribution in [3.63, 3.8) is 0 Å². The zero-order chi connectivity index (χ0) is 105. The number of aliphatic hydroxyl groups excluding tert-OH is 1. The largest absolute Gasteiger partial charge is 0.515 e. The van der Waals surface area contributed by atoms with Crippen LogP contribution in [0, 0.1) is 116 Å². The Kier molecular flexibility index (Phi) is 29.6. The molecule has 20 rings (SSSR count). The van der Waals surface area contributed by atoms with Gasteiger partial charge in [-0.15, -0.1) is 0 Å². The molecule has 1 saturated heterocycles. The van der Waals surface area contributed by atoms with E-state index in [-0.39, 0.29) is 90.3 Å². The maximum Gasteiger partial charge on any atom is 0.282 e. The average Bonchev–Trinajstić information content (AvgIpc) is 0.893. The van der Waals surface area contributed by atoms with Crippen LogP contribution in [0.1, 0.15) is 321 Å². The minimum atomic E-state index is -0.576. The predicted octanol–water partition coefficient (Wildman–Crippen LogP) is 18.6. The number of methoxy groups -OCH3 is 6. The molecular formula is C110H154N16O15. The second-order valence-corrected chi connectivity index (χ2v) is 45.9. The number of fused-ring (bicyclic) bond motifs is 18. The van der Waals surface area contributed by atoms with Crippen LogP contribution in [-0.2, 0) is 104 Å². The fourth-order valence-electron chi connectivity index (χ4n) is 29.3. The second kappa shape index (κ2) is 39.3. The lowest BCUT2D eigenvalue weighted by Gasteiger charge is -2.59. The highest BCUT2D eigenvalue weighted by atomic mass is 16.7. The fraction of sp³-hybridized carbons (Fsp3) is 0.673. The Labute approximate surface area is 835 Å². The summed E-state index contributed by atoms with van der Waals surface area (Å²) in [6.45, 7) is 66.4. The van der Waals surface area contributed by atoms with E-state index in [9.17, 15) is 24.3 Å². The van der Waals surface area contributed by atoms with Gasteiger partial charge in [0.05, 0.1) is 96.3 Å². The third kappa shape index (κ3) is 17.8. The van der Waals surface area contributed by atoms with Gasteiger partial charge in [0.25, 0.3) is 6.04 Å². The van der Waals surface area contributed by atoms with E-state index < -0.39 is 33.5 Å². The molecule has 6 aromatic heterocycles. The SMILES string of the molecule is CNO.COc1nc(C)nc2c1CC[C@H]1C(C)(C)C(=O)/C(=C\O)C[C@]21C.COc1nc(C)nc2c1CC[C@H]1C(C)(C)C(=O)CC[C@]21C.COc1nc(C)nc2c1CC[C@H]1C(C)(C)C3(CC[C@]21C)OCCO3.COc1nc(C)nc2c1CC[C@H]1C(C)(C)c3oncc3C[C@]21C.[3H]C.[C-]#[N+]C1=C[C@]2(C)c3nc(C)nc(OC)c3CC[C@H]2C(C)(C)C1=O.[C-]#[N+]C1C[C@]2(C)C3=C(CC[C@H]2C(C)(C)C1=O)C(OC)N=C(C)N3. The summed E-state index contributed by atoms with van der Waals surface area (Å²) < 4.78 is 56.8. The number of ether oxygens (including phenoxy) is 8. The molecule has 4 N–H and O–H groups in total. The molecule has 8 heterocycles. The minimum absolute atomic E-state index is 0.0125. The van der Waals surface area contributed by atoms with E-state index in [0.29, 0.717) is 90.9 Å². The number of hydrogen-bond acceptors (Lipinski definition) is 29. The van der Waals surface area contributed by atoms with Crippen LogP contribution in [0.2, 0.25) is 0 Å². The lowest BCUT2D eigenvalue weighted by Crippen LogP contribution is -2.61. The van der Waals surface area contributed by atoms with E-state index >= 15 is 0 Å². The smallest absolute Gasteiger partial charge is 0.282 e. The number of allylic oxidation sites excluding steroid dienone is 4. The topological polar surface area (TPSA) is 383 Å². The van der Waals surface area contributed by atoms with E-state index in [0.717, 1.165) is 195 Å². The number of aryl methyl sites for hydroxylation is 5. The summed E-state index contributed by atoms with van der Waals surface area (Å²) in [6, 6.07) is -0.555. The van der Waals surface area contributed by atoms with Crippen LogP contribution >= 0.6 is 0 Å². The van der Waals surface area contributed by atoms with Crippen LogP contribution < -0.4 is 34.5 Å². The zero-order valence-electron chi connectivity index (χ0n) is 90.7. The molecule has 31 heteroatoms. The van der Waals surface area contributed by atoms with E-state index in [2.05, 4.69) is 138 Å². The van der Waals surface area contributed by atoms with E-state index in [1.807, 2.05) is 95.4 Å². The molecule has 4 saturated carbocycles. The van der Waals surface area contributed by atoms with E-state index in [1.54, 1.807) is 48.1 Å². The van der Waals surface area contributed by atoms with Gasteiger partial charge in [-0.2, -0.15) is 24.9 Å². The fourth-order valence-corrected chi connectivity index (χ4v) is 29.3. The molecule has 0 amide bonds. The molecule has 2 aliphatic heterocycles. The summed E-state index contributed by atoms with van der Waals surface area (Å²) >= 11 is 0. The normalized spacial score (nSPS) is 30.9. The molecule has 0 bridgehead atoms. The summed E-state index contributed by atoms with van der Waals surface area (Å²) in [4.78, 5) is 108. The highest BCUT2D eigenvalue weighted by Gasteiger charge is 2.67. The van der Waals surface area contributed by atoms with Gasteiger partial charge in [0.15, 0.2) is 23.6 Å². The third-order valence-corrected chi connectivity index (χ3v) is 35.8. The zero-order valence-corrected chi connectivity index (χ0v) is 89.7. The Morgan fingerprint density at radius 1 is 0.489 bits per heavy atom. The Hall–Kier alpha value is -10.4. The van der Waals surface area contributed by atoms with Crippen molar-refractivity contribution in [2.75, 3.05) is 62.9 Å². The van der Waals surface area contributed by atoms with Gasteiger partial charge in [0.2, 0.25) is 40.9 Å². The Morgan fingerprint density at radius 3 is 1.33 bits per heavy atom. The highest BCUT2D eigenvalue weighted by molar-refractivity contribution is 6.03.